The molecule has 1 aliphatic rings. The molecule has 1 aliphatic carbocycles. The fraction of sp³-hybridized carbons (Fsp3) is 0.621. The third kappa shape index (κ3) is 14.7. The summed E-state index contributed by atoms with van der Waals surface area (Å²) in [4.78, 5) is 35.5. The van der Waals surface area contributed by atoms with Crippen LogP contribution in [0.3, 0.4) is 0 Å². The minimum atomic E-state index is -0.994. The van der Waals surface area contributed by atoms with Gasteiger partial charge in [-0.15, -0.1) is 0 Å². The predicted molar refractivity (Wildman–Crippen MR) is 144 cm³/mol. The fourth-order valence-electron chi connectivity index (χ4n) is 4.29. The monoisotopic (exact) mass is 520 g/mol. The lowest BCUT2D eigenvalue weighted by Gasteiger charge is -2.28. The number of hydrogen-bond donors (Lipinski definition) is 3. The van der Waals surface area contributed by atoms with Gasteiger partial charge in [0.05, 0.1) is 39.8 Å². The van der Waals surface area contributed by atoms with Crippen LogP contribution in [0.1, 0.15) is 58.3 Å². The van der Waals surface area contributed by atoms with Gasteiger partial charge in [-0.3, -0.25) is 14.4 Å². The number of aliphatic carboxylic acids is 1. The molecule has 8 nitrogen and oxygen atoms in total. The molecule has 0 amide bonds. The van der Waals surface area contributed by atoms with E-state index in [9.17, 15) is 24.6 Å². The molecule has 8 heteroatoms. The maximum absolute atomic E-state index is 12.3. The van der Waals surface area contributed by atoms with Gasteiger partial charge < -0.3 is 24.5 Å². The number of quaternary nitrogens is 1. The highest BCUT2D eigenvalue weighted by Crippen LogP contribution is 2.33. The second-order valence-corrected chi connectivity index (χ2v) is 10.6. The van der Waals surface area contributed by atoms with Crippen molar-refractivity contribution < 1.29 is 38.9 Å². The number of carbonyl (C=O) groups excluding carboxylic acids is 2. The summed E-state index contributed by atoms with van der Waals surface area (Å²) < 4.78 is 5.87. The molecular weight excluding hydrogens is 474 g/mol. The average molecular weight is 521 g/mol. The van der Waals surface area contributed by atoms with Crippen LogP contribution in [0.15, 0.2) is 48.6 Å². The Balaban J connectivity index is 2.44. The first-order chi connectivity index (χ1) is 17.4. The number of nitrogens with zero attached hydrogens (tertiary/aromatic N) is 1. The van der Waals surface area contributed by atoms with Gasteiger partial charge in [-0.2, -0.15) is 0 Å². The maximum atomic E-state index is 12.3. The van der Waals surface area contributed by atoms with Crippen molar-refractivity contribution in [1.29, 1.82) is 0 Å². The standard InChI is InChI=1S/C29H45NO7/c1-5-6-11-14-22(31)17-18-25-24(26(32)20-27(25)33)15-12-9-7-8-10-13-16-29(36)37-23(19-28(34)35)21-30(2,3)4/h6,8-12,17-18,22-25,27,31,33H,5,7,13-16,19-21H2,1-4H3/p+1/b10-8+,11-6-,12-9+,18-17+. The van der Waals surface area contributed by atoms with E-state index in [-0.39, 0.29) is 36.9 Å². The third-order valence-electron chi connectivity index (χ3n) is 6.03. The number of allylic oxidation sites excluding steroid dienone is 5. The Bertz CT molecular complexity index is 838. The van der Waals surface area contributed by atoms with Gasteiger partial charge in [0.25, 0.3) is 0 Å². The van der Waals surface area contributed by atoms with Crippen LogP contribution in [0.2, 0.25) is 0 Å². The molecule has 0 aromatic rings. The topological polar surface area (TPSA) is 121 Å². The predicted octanol–water partition coefficient (Wildman–Crippen LogP) is 3.59. The lowest BCUT2D eigenvalue weighted by atomic mass is 9.90. The summed E-state index contributed by atoms with van der Waals surface area (Å²) in [5.74, 6) is -1.97. The minimum absolute atomic E-state index is 0.0349. The van der Waals surface area contributed by atoms with E-state index in [0.717, 1.165) is 6.42 Å². The van der Waals surface area contributed by atoms with Crippen molar-refractivity contribution in [2.75, 3.05) is 27.7 Å². The van der Waals surface area contributed by atoms with E-state index in [4.69, 9.17) is 9.84 Å². The number of ether oxygens (including phenoxy) is 1. The van der Waals surface area contributed by atoms with Gasteiger partial charge in [0.2, 0.25) is 0 Å². The number of Topliss-reactive ketones (excluding diaryl/α,β-unsaturated/α-hetero) is 1. The molecule has 0 aromatic carbocycles. The molecule has 0 spiro atoms. The SMILES string of the molecule is CC/C=C\CC(O)/C=C/C1C(O)CC(=O)C1C/C=C/C/C=C/CCC(=O)OC(CC(=O)O)C[N+](C)(C)C. The summed E-state index contributed by atoms with van der Waals surface area (Å²) in [6, 6.07) is 0. The van der Waals surface area contributed by atoms with Gasteiger partial charge in [-0.05, 0) is 32.1 Å². The van der Waals surface area contributed by atoms with E-state index in [1.807, 2.05) is 64.5 Å². The molecule has 3 N–H and O–H groups in total. The Morgan fingerprint density at radius 3 is 2.46 bits per heavy atom. The molecule has 5 atom stereocenters. The zero-order valence-electron chi connectivity index (χ0n) is 22.8. The number of carboxylic acids is 1. The Labute approximate surface area is 221 Å². The van der Waals surface area contributed by atoms with Crippen molar-refractivity contribution >= 4 is 17.7 Å². The number of likely N-dealkylation sites (N-methyl/N-ethyl adjacent to an activating group) is 1. The van der Waals surface area contributed by atoms with Gasteiger partial charge >= 0.3 is 11.9 Å². The van der Waals surface area contributed by atoms with E-state index >= 15 is 0 Å². The van der Waals surface area contributed by atoms with E-state index in [1.165, 1.54) is 0 Å². The van der Waals surface area contributed by atoms with Gasteiger partial charge in [0.1, 0.15) is 12.3 Å². The largest absolute Gasteiger partial charge is 0.481 e. The molecule has 0 aromatic heterocycles. The summed E-state index contributed by atoms with van der Waals surface area (Å²) in [5, 5.41) is 29.4. The lowest BCUT2D eigenvalue weighted by molar-refractivity contribution is -0.873. The highest BCUT2D eigenvalue weighted by atomic mass is 16.5. The number of aliphatic hydroxyl groups excluding tert-OH is 2. The van der Waals surface area contributed by atoms with Crippen molar-refractivity contribution in [1.82, 2.24) is 0 Å². The Morgan fingerprint density at radius 1 is 1.11 bits per heavy atom. The highest BCUT2D eigenvalue weighted by Gasteiger charge is 2.39. The second kappa shape index (κ2) is 17.1. The van der Waals surface area contributed by atoms with E-state index in [2.05, 4.69) is 0 Å². The Kier molecular flexibility index (Phi) is 15.0. The average Bonchev–Trinajstić information content (AvgIpc) is 3.04. The van der Waals surface area contributed by atoms with Gasteiger partial charge in [0.15, 0.2) is 6.10 Å². The quantitative estimate of drug-likeness (QED) is 0.152. The van der Waals surface area contributed by atoms with Gasteiger partial charge in [-0.1, -0.05) is 55.5 Å². The van der Waals surface area contributed by atoms with Crippen molar-refractivity contribution in [3.05, 3.63) is 48.6 Å². The van der Waals surface area contributed by atoms with Crippen LogP contribution in [-0.4, -0.2) is 83.5 Å². The van der Waals surface area contributed by atoms with Crippen LogP contribution < -0.4 is 0 Å². The van der Waals surface area contributed by atoms with Crippen molar-refractivity contribution in [3.63, 3.8) is 0 Å². The summed E-state index contributed by atoms with van der Waals surface area (Å²) in [5.41, 5.74) is 0. The minimum Gasteiger partial charge on any atom is -0.481 e. The van der Waals surface area contributed by atoms with Crippen LogP contribution in [0.5, 0.6) is 0 Å². The normalized spacial score (nSPS) is 22.5. The molecular formula is C29H46NO7+. The van der Waals surface area contributed by atoms with Gasteiger partial charge in [-0.25, -0.2) is 0 Å². The van der Waals surface area contributed by atoms with Crippen LogP contribution in [0, 0.1) is 11.8 Å². The van der Waals surface area contributed by atoms with Crippen molar-refractivity contribution in [2.24, 2.45) is 11.8 Å². The number of ketones is 1. The summed E-state index contributed by atoms with van der Waals surface area (Å²) in [7, 11) is 5.75. The molecule has 5 unspecified atom stereocenters. The molecule has 37 heavy (non-hydrogen) atoms. The molecule has 0 bridgehead atoms. The number of carboxylic acid groups (broad SMARTS) is 1. The Morgan fingerprint density at radius 2 is 1.81 bits per heavy atom. The van der Waals surface area contributed by atoms with Crippen molar-refractivity contribution in [3.8, 4) is 0 Å². The molecule has 1 saturated carbocycles. The lowest BCUT2D eigenvalue weighted by Crippen LogP contribution is -2.43. The van der Waals surface area contributed by atoms with Crippen LogP contribution >= 0.6 is 0 Å². The number of carbonyl (C=O) groups is 3. The number of hydrogen-bond acceptors (Lipinski definition) is 6. The van der Waals surface area contributed by atoms with E-state index < -0.39 is 30.3 Å². The summed E-state index contributed by atoms with van der Waals surface area (Å²) in [6.07, 6.45) is 16.2. The van der Waals surface area contributed by atoms with Gasteiger partial charge in [0, 0.05) is 24.7 Å². The fourth-order valence-corrected chi connectivity index (χ4v) is 4.29. The summed E-state index contributed by atoms with van der Waals surface area (Å²) in [6.45, 7) is 2.45. The molecule has 0 radical (unpaired) electrons. The number of rotatable bonds is 17. The smallest absolute Gasteiger partial charge is 0.307 e. The van der Waals surface area contributed by atoms with Crippen LogP contribution in [-0.2, 0) is 19.1 Å². The molecule has 208 valence electrons. The van der Waals surface area contributed by atoms with Crippen LogP contribution in [0.4, 0.5) is 0 Å². The number of esters is 1. The third-order valence-corrected chi connectivity index (χ3v) is 6.03. The van der Waals surface area contributed by atoms with E-state index in [0.29, 0.717) is 36.7 Å². The highest BCUT2D eigenvalue weighted by molar-refractivity contribution is 5.84. The second-order valence-electron chi connectivity index (χ2n) is 10.6. The number of aliphatic hydroxyl groups is 2. The zero-order valence-corrected chi connectivity index (χ0v) is 22.8. The molecule has 1 rings (SSSR count). The van der Waals surface area contributed by atoms with E-state index in [1.54, 1.807) is 12.2 Å². The molecule has 1 fully saturated rings. The van der Waals surface area contributed by atoms with Crippen molar-refractivity contribution in [2.45, 2.75) is 76.6 Å². The molecule has 0 aliphatic heterocycles. The van der Waals surface area contributed by atoms with Crippen LogP contribution in [0.25, 0.3) is 0 Å². The molecule has 0 saturated heterocycles. The zero-order chi connectivity index (χ0) is 27.8. The Hall–Kier alpha value is -2.55. The first-order valence-electron chi connectivity index (χ1n) is 13.2. The first-order valence-corrected chi connectivity index (χ1v) is 13.2. The maximum Gasteiger partial charge on any atom is 0.307 e. The summed E-state index contributed by atoms with van der Waals surface area (Å²) >= 11 is 0. The molecule has 0 heterocycles. The first kappa shape index (κ1) is 32.5.